The van der Waals surface area contributed by atoms with E-state index in [4.69, 9.17) is 14.6 Å². The first-order chi connectivity index (χ1) is 11.6. The Balaban J connectivity index is 1.44. The van der Waals surface area contributed by atoms with Crippen LogP contribution in [0.25, 0.3) is 0 Å². The van der Waals surface area contributed by atoms with E-state index in [1.165, 1.54) is 0 Å². The van der Waals surface area contributed by atoms with Gasteiger partial charge < -0.3 is 29.7 Å². The number of nitrogens with zero attached hydrogens (tertiary/aromatic N) is 1. The number of aliphatic hydroxyl groups is 3. The van der Waals surface area contributed by atoms with E-state index in [1.807, 2.05) is 0 Å². The van der Waals surface area contributed by atoms with Crippen molar-refractivity contribution in [1.29, 1.82) is 0 Å². The third-order valence-electron chi connectivity index (χ3n) is 4.94. The fraction of sp³-hybridized carbons (Fsp3) is 0.667. The zero-order valence-corrected chi connectivity index (χ0v) is 13.9. The standard InChI is InChI=1S/C18H27NO5/c20-13-14-1-3-15(4-2-14)17(22)11-16(21)12-19-7-5-18(6-8-19)23-9-10-24-18/h1-4,16-17,20-22H,5-13H2/t16-,17+/m0/s1. The Bertz CT molecular complexity index is 505. The molecule has 2 fully saturated rings. The Morgan fingerprint density at radius 1 is 1.04 bits per heavy atom. The van der Waals surface area contributed by atoms with E-state index in [2.05, 4.69) is 4.90 Å². The largest absolute Gasteiger partial charge is 0.392 e. The number of benzene rings is 1. The lowest BCUT2D eigenvalue weighted by atomic mass is 10.00. The van der Waals surface area contributed by atoms with Crippen molar-refractivity contribution in [3.8, 4) is 0 Å². The summed E-state index contributed by atoms with van der Waals surface area (Å²) in [6, 6.07) is 7.16. The molecule has 3 N–H and O–H groups in total. The Morgan fingerprint density at radius 3 is 2.25 bits per heavy atom. The molecule has 2 atom stereocenters. The molecular weight excluding hydrogens is 310 g/mol. The number of ether oxygens (including phenoxy) is 2. The van der Waals surface area contributed by atoms with Crippen LogP contribution in [0.4, 0.5) is 0 Å². The molecule has 1 aromatic rings. The highest BCUT2D eigenvalue weighted by Gasteiger charge is 2.39. The van der Waals surface area contributed by atoms with Crippen LogP contribution in [0, 0.1) is 0 Å². The third kappa shape index (κ3) is 4.33. The van der Waals surface area contributed by atoms with Crippen molar-refractivity contribution in [2.45, 2.75) is 43.9 Å². The zero-order valence-electron chi connectivity index (χ0n) is 13.9. The number of hydrogen-bond donors (Lipinski definition) is 3. The topological polar surface area (TPSA) is 82.4 Å². The van der Waals surface area contributed by atoms with Gasteiger partial charge in [0.15, 0.2) is 5.79 Å². The zero-order chi connectivity index (χ0) is 17.0. The quantitative estimate of drug-likeness (QED) is 0.712. The van der Waals surface area contributed by atoms with Gasteiger partial charge in [-0.25, -0.2) is 0 Å². The number of β-amino-alcohol motifs (C(OH)–C–C–N with tert-alkyl or cyclic N) is 1. The second kappa shape index (κ2) is 7.91. The van der Waals surface area contributed by atoms with Gasteiger partial charge in [0.25, 0.3) is 0 Å². The van der Waals surface area contributed by atoms with Crippen molar-refractivity contribution < 1.29 is 24.8 Å². The summed E-state index contributed by atoms with van der Waals surface area (Å²) >= 11 is 0. The fourth-order valence-electron chi connectivity index (χ4n) is 3.47. The summed E-state index contributed by atoms with van der Waals surface area (Å²) in [7, 11) is 0. The predicted molar refractivity (Wildman–Crippen MR) is 88.3 cm³/mol. The normalized spacial score (nSPS) is 23.5. The molecule has 2 aliphatic rings. The van der Waals surface area contributed by atoms with Gasteiger partial charge in [-0.1, -0.05) is 24.3 Å². The number of likely N-dealkylation sites (tertiary alicyclic amines) is 1. The van der Waals surface area contributed by atoms with Crippen LogP contribution in [0.15, 0.2) is 24.3 Å². The minimum atomic E-state index is -0.703. The van der Waals surface area contributed by atoms with Crippen molar-refractivity contribution >= 4 is 0 Å². The van der Waals surface area contributed by atoms with E-state index in [9.17, 15) is 10.2 Å². The predicted octanol–water partition coefficient (Wildman–Crippen LogP) is 0.802. The Hall–Kier alpha value is -1.02. The first-order valence-corrected chi connectivity index (χ1v) is 8.66. The minimum Gasteiger partial charge on any atom is -0.392 e. The number of piperidine rings is 1. The maximum Gasteiger partial charge on any atom is 0.170 e. The number of aliphatic hydroxyl groups excluding tert-OH is 3. The molecule has 0 unspecified atom stereocenters. The maximum atomic E-state index is 10.3. The molecule has 1 aromatic carbocycles. The molecule has 0 aromatic heterocycles. The van der Waals surface area contributed by atoms with Crippen LogP contribution < -0.4 is 0 Å². The average molecular weight is 337 g/mol. The highest BCUT2D eigenvalue weighted by molar-refractivity contribution is 5.23. The van der Waals surface area contributed by atoms with E-state index >= 15 is 0 Å². The summed E-state index contributed by atoms with van der Waals surface area (Å²) in [4.78, 5) is 2.20. The molecule has 2 heterocycles. The molecule has 0 saturated carbocycles. The van der Waals surface area contributed by atoms with Gasteiger partial charge >= 0.3 is 0 Å². The molecule has 6 heteroatoms. The van der Waals surface area contributed by atoms with Gasteiger partial charge in [-0.05, 0) is 11.1 Å². The van der Waals surface area contributed by atoms with Gasteiger partial charge in [0.2, 0.25) is 0 Å². The molecule has 2 saturated heterocycles. The molecule has 6 nitrogen and oxygen atoms in total. The molecule has 134 valence electrons. The second-order valence-corrected chi connectivity index (χ2v) is 6.71. The Kier molecular flexibility index (Phi) is 5.86. The number of rotatable bonds is 6. The maximum absolute atomic E-state index is 10.3. The SMILES string of the molecule is OCc1ccc([C@H](O)C[C@H](O)CN2CCC3(CC2)OCCO3)cc1. The lowest BCUT2D eigenvalue weighted by Gasteiger charge is -2.38. The van der Waals surface area contributed by atoms with E-state index in [1.54, 1.807) is 24.3 Å². The molecule has 0 amide bonds. The van der Waals surface area contributed by atoms with E-state index in [-0.39, 0.29) is 6.61 Å². The van der Waals surface area contributed by atoms with Gasteiger partial charge in [0.05, 0.1) is 32.0 Å². The van der Waals surface area contributed by atoms with Crippen LogP contribution in [0.5, 0.6) is 0 Å². The summed E-state index contributed by atoms with van der Waals surface area (Å²) in [5.41, 5.74) is 1.57. The summed E-state index contributed by atoms with van der Waals surface area (Å²) < 4.78 is 11.4. The van der Waals surface area contributed by atoms with Crippen LogP contribution in [0.1, 0.15) is 36.5 Å². The van der Waals surface area contributed by atoms with Gasteiger partial charge in [-0.15, -0.1) is 0 Å². The first-order valence-electron chi connectivity index (χ1n) is 8.66. The van der Waals surface area contributed by atoms with Crippen LogP contribution in [0.3, 0.4) is 0 Å². The van der Waals surface area contributed by atoms with Crippen LogP contribution in [0.2, 0.25) is 0 Å². The van der Waals surface area contributed by atoms with Crippen molar-refractivity contribution in [1.82, 2.24) is 4.90 Å². The summed E-state index contributed by atoms with van der Waals surface area (Å²) in [5, 5.41) is 29.6. The van der Waals surface area contributed by atoms with Crippen molar-refractivity contribution in [2.24, 2.45) is 0 Å². The van der Waals surface area contributed by atoms with Gasteiger partial charge in [-0.2, -0.15) is 0 Å². The molecule has 3 rings (SSSR count). The van der Waals surface area contributed by atoms with E-state index in [0.29, 0.717) is 26.2 Å². The smallest absolute Gasteiger partial charge is 0.170 e. The highest BCUT2D eigenvalue weighted by Crippen LogP contribution is 2.31. The molecule has 2 aliphatic heterocycles. The van der Waals surface area contributed by atoms with E-state index in [0.717, 1.165) is 37.1 Å². The molecule has 0 radical (unpaired) electrons. The Labute approximate surface area is 142 Å². The van der Waals surface area contributed by atoms with E-state index < -0.39 is 18.0 Å². The van der Waals surface area contributed by atoms with Gasteiger partial charge in [0, 0.05) is 38.9 Å². The minimum absolute atomic E-state index is 0.0110. The Morgan fingerprint density at radius 2 is 1.67 bits per heavy atom. The third-order valence-corrected chi connectivity index (χ3v) is 4.94. The van der Waals surface area contributed by atoms with Gasteiger partial charge in [-0.3, -0.25) is 0 Å². The van der Waals surface area contributed by atoms with Crippen LogP contribution in [-0.2, 0) is 16.1 Å². The molecular formula is C18H27NO5. The lowest BCUT2D eigenvalue weighted by Crippen LogP contribution is -2.47. The van der Waals surface area contributed by atoms with Crippen molar-refractivity contribution in [2.75, 3.05) is 32.8 Å². The highest BCUT2D eigenvalue weighted by atomic mass is 16.7. The fourth-order valence-corrected chi connectivity index (χ4v) is 3.47. The average Bonchev–Trinajstić information content (AvgIpc) is 3.05. The van der Waals surface area contributed by atoms with Crippen LogP contribution >= 0.6 is 0 Å². The summed E-state index contributed by atoms with van der Waals surface area (Å²) in [6.07, 6.45) is 0.658. The van der Waals surface area contributed by atoms with Gasteiger partial charge in [0.1, 0.15) is 0 Å². The molecule has 0 aliphatic carbocycles. The lowest BCUT2D eigenvalue weighted by molar-refractivity contribution is -0.186. The number of hydrogen-bond acceptors (Lipinski definition) is 6. The molecule has 0 bridgehead atoms. The van der Waals surface area contributed by atoms with Crippen LogP contribution in [-0.4, -0.2) is 65.0 Å². The second-order valence-electron chi connectivity index (χ2n) is 6.71. The van der Waals surface area contributed by atoms with Crippen molar-refractivity contribution in [3.63, 3.8) is 0 Å². The molecule has 1 spiro atoms. The summed E-state index contributed by atoms with van der Waals surface area (Å²) in [6.45, 7) is 3.54. The van der Waals surface area contributed by atoms with Crippen molar-refractivity contribution in [3.05, 3.63) is 35.4 Å². The summed E-state index contributed by atoms with van der Waals surface area (Å²) in [5.74, 6) is -0.393. The molecule has 24 heavy (non-hydrogen) atoms. The monoisotopic (exact) mass is 337 g/mol. The first kappa shape index (κ1) is 17.8.